The van der Waals surface area contributed by atoms with Crippen LogP contribution in [0.2, 0.25) is 10.0 Å². The van der Waals surface area contributed by atoms with Crippen molar-refractivity contribution in [1.29, 1.82) is 0 Å². The van der Waals surface area contributed by atoms with E-state index in [4.69, 9.17) is 33.0 Å². The number of halogens is 2. The number of hydrogen-bond donors (Lipinski definition) is 1. The fourth-order valence-electron chi connectivity index (χ4n) is 1.78. The van der Waals surface area contributed by atoms with Crippen LogP contribution in [0, 0.1) is 0 Å². The molecule has 0 amide bonds. The number of aliphatic hydroxyl groups excluding tert-OH is 1. The molecule has 4 nitrogen and oxygen atoms in total. The van der Waals surface area contributed by atoms with E-state index in [1.165, 1.54) is 7.11 Å². The fraction of sp³-hybridized carbons (Fsp3) is 0.438. The molecular weight excluding hydrogens is 327 g/mol. The van der Waals surface area contributed by atoms with Gasteiger partial charge in [0.15, 0.2) is 5.75 Å². The van der Waals surface area contributed by atoms with Crippen molar-refractivity contribution in [2.24, 2.45) is 0 Å². The number of ether oxygens (including phenoxy) is 2. The lowest BCUT2D eigenvalue weighted by molar-refractivity contribution is -0.140. The maximum absolute atomic E-state index is 11.1. The van der Waals surface area contributed by atoms with E-state index >= 15 is 0 Å². The second-order valence-corrected chi connectivity index (χ2v) is 5.40. The Morgan fingerprint density at radius 2 is 1.86 bits per heavy atom. The average molecular weight is 347 g/mol. The third-order valence-electron chi connectivity index (χ3n) is 2.90. The van der Waals surface area contributed by atoms with Gasteiger partial charge in [-0.3, -0.25) is 4.79 Å². The molecule has 1 N–H and O–H groups in total. The summed E-state index contributed by atoms with van der Waals surface area (Å²) in [5.41, 5.74) is 0.857. The molecule has 0 aromatic heterocycles. The zero-order valence-corrected chi connectivity index (χ0v) is 14.0. The first kappa shape index (κ1) is 18.8. The molecule has 0 heterocycles. The largest absolute Gasteiger partial charge is 0.490 e. The first-order valence-electron chi connectivity index (χ1n) is 7.02. The van der Waals surface area contributed by atoms with E-state index in [2.05, 4.69) is 4.74 Å². The van der Waals surface area contributed by atoms with Crippen molar-refractivity contribution in [2.45, 2.75) is 25.7 Å². The van der Waals surface area contributed by atoms with Gasteiger partial charge in [-0.1, -0.05) is 35.4 Å². The number of esters is 1. The lowest BCUT2D eigenvalue weighted by atomic mass is 10.1. The molecule has 1 aromatic rings. The molecule has 0 aliphatic heterocycles. The molecular formula is C16H20Cl2O4. The molecule has 0 saturated heterocycles. The van der Waals surface area contributed by atoms with E-state index in [1.807, 2.05) is 12.2 Å². The molecule has 22 heavy (non-hydrogen) atoms. The van der Waals surface area contributed by atoms with Crippen molar-refractivity contribution >= 4 is 29.2 Å². The Morgan fingerprint density at radius 3 is 2.45 bits per heavy atom. The summed E-state index contributed by atoms with van der Waals surface area (Å²) in [7, 11) is 1.36. The van der Waals surface area contributed by atoms with Crippen LogP contribution in [0.15, 0.2) is 24.3 Å². The molecule has 0 unspecified atom stereocenters. The van der Waals surface area contributed by atoms with Crippen LogP contribution in [-0.2, 0) is 16.0 Å². The topological polar surface area (TPSA) is 55.8 Å². The Labute approximate surface area is 140 Å². The number of carbonyl (C=O) groups is 1. The van der Waals surface area contributed by atoms with E-state index in [9.17, 15) is 4.79 Å². The van der Waals surface area contributed by atoms with E-state index in [0.29, 0.717) is 41.7 Å². The highest BCUT2D eigenvalue weighted by atomic mass is 35.5. The van der Waals surface area contributed by atoms with Crippen LogP contribution in [0.3, 0.4) is 0 Å². The number of methoxy groups -OCH3 is 1. The molecule has 0 spiro atoms. The summed E-state index contributed by atoms with van der Waals surface area (Å²) in [4.78, 5) is 11.1. The Hall–Kier alpha value is -1.23. The summed E-state index contributed by atoms with van der Waals surface area (Å²) in [6.45, 7) is 0.588. The second kappa shape index (κ2) is 10.5. The highest BCUT2D eigenvalue weighted by Gasteiger charge is 2.11. The van der Waals surface area contributed by atoms with Crippen LogP contribution in [0.25, 0.3) is 0 Å². The predicted molar refractivity (Wildman–Crippen MR) is 87.8 cm³/mol. The van der Waals surface area contributed by atoms with Gasteiger partial charge < -0.3 is 14.6 Å². The SMILES string of the molecule is COC(=O)CCc1cc(Cl)c(OCC/C=C/CCO)c(Cl)c1. The number of aryl methyl sites for hydroxylation is 1. The van der Waals surface area contributed by atoms with Crippen LogP contribution in [-0.4, -0.2) is 31.4 Å². The maximum atomic E-state index is 11.1. The molecule has 0 fully saturated rings. The van der Waals surface area contributed by atoms with Crippen LogP contribution < -0.4 is 4.74 Å². The second-order valence-electron chi connectivity index (χ2n) is 4.59. The van der Waals surface area contributed by atoms with Crippen LogP contribution in [0.5, 0.6) is 5.75 Å². The van der Waals surface area contributed by atoms with Gasteiger partial charge in [0.05, 0.1) is 23.8 Å². The van der Waals surface area contributed by atoms with Gasteiger partial charge in [0.25, 0.3) is 0 Å². The minimum absolute atomic E-state index is 0.141. The van der Waals surface area contributed by atoms with Gasteiger partial charge in [-0.15, -0.1) is 0 Å². The summed E-state index contributed by atoms with van der Waals surface area (Å²) < 4.78 is 10.2. The summed E-state index contributed by atoms with van der Waals surface area (Å²) in [6.07, 6.45) is 5.95. The number of carbonyl (C=O) groups excluding carboxylic acids is 1. The summed E-state index contributed by atoms with van der Waals surface area (Å²) >= 11 is 12.3. The fourth-order valence-corrected chi connectivity index (χ4v) is 2.42. The molecule has 0 aliphatic carbocycles. The number of aliphatic hydroxyl groups is 1. The molecule has 122 valence electrons. The summed E-state index contributed by atoms with van der Waals surface area (Å²) in [6, 6.07) is 3.49. The van der Waals surface area contributed by atoms with Crippen LogP contribution in [0.4, 0.5) is 0 Å². The monoisotopic (exact) mass is 346 g/mol. The van der Waals surface area contributed by atoms with E-state index in [-0.39, 0.29) is 19.0 Å². The Morgan fingerprint density at radius 1 is 1.23 bits per heavy atom. The molecule has 0 bridgehead atoms. The molecule has 1 aromatic carbocycles. The molecule has 0 atom stereocenters. The lowest BCUT2D eigenvalue weighted by Crippen LogP contribution is -2.02. The van der Waals surface area contributed by atoms with E-state index in [0.717, 1.165) is 5.56 Å². The van der Waals surface area contributed by atoms with Crippen molar-refractivity contribution in [3.8, 4) is 5.75 Å². The van der Waals surface area contributed by atoms with Gasteiger partial charge >= 0.3 is 5.97 Å². The van der Waals surface area contributed by atoms with Gasteiger partial charge in [0, 0.05) is 13.0 Å². The molecule has 0 saturated carbocycles. The number of hydrogen-bond acceptors (Lipinski definition) is 4. The zero-order chi connectivity index (χ0) is 16.4. The van der Waals surface area contributed by atoms with E-state index in [1.54, 1.807) is 12.1 Å². The Kier molecular flexibility index (Phi) is 8.97. The van der Waals surface area contributed by atoms with Crippen LogP contribution >= 0.6 is 23.2 Å². The minimum atomic E-state index is -0.276. The molecule has 0 radical (unpaired) electrons. The third kappa shape index (κ3) is 6.69. The predicted octanol–water partition coefficient (Wildman–Crippen LogP) is 3.81. The summed E-state index contributed by atoms with van der Waals surface area (Å²) in [5.74, 6) is 0.169. The number of benzene rings is 1. The average Bonchev–Trinajstić information content (AvgIpc) is 2.50. The third-order valence-corrected chi connectivity index (χ3v) is 3.46. The smallest absolute Gasteiger partial charge is 0.305 e. The van der Waals surface area contributed by atoms with Gasteiger partial charge in [-0.25, -0.2) is 0 Å². The van der Waals surface area contributed by atoms with Crippen molar-refractivity contribution in [3.05, 3.63) is 39.9 Å². The lowest BCUT2D eigenvalue weighted by Gasteiger charge is -2.11. The normalized spacial score (nSPS) is 10.9. The van der Waals surface area contributed by atoms with Gasteiger partial charge in [0.2, 0.25) is 0 Å². The molecule has 0 aliphatic rings. The Bertz CT molecular complexity index is 492. The van der Waals surface area contributed by atoms with Crippen molar-refractivity contribution < 1.29 is 19.4 Å². The summed E-state index contributed by atoms with van der Waals surface area (Å²) in [5, 5.41) is 9.49. The number of rotatable bonds is 9. The molecule has 1 rings (SSSR count). The minimum Gasteiger partial charge on any atom is -0.490 e. The van der Waals surface area contributed by atoms with Gasteiger partial charge in [-0.05, 0) is 37.0 Å². The quantitative estimate of drug-likeness (QED) is 0.419. The van der Waals surface area contributed by atoms with Crippen molar-refractivity contribution in [3.63, 3.8) is 0 Å². The molecule has 6 heteroatoms. The maximum Gasteiger partial charge on any atom is 0.305 e. The highest BCUT2D eigenvalue weighted by Crippen LogP contribution is 2.34. The zero-order valence-electron chi connectivity index (χ0n) is 12.5. The first-order chi connectivity index (χ1) is 10.6. The van der Waals surface area contributed by atoms with Crippen molar-refractivity contribution in [1.82, 2.24) is 0 Å². The first-order valence-corrected chi connectivity index (χ1v) is 7.77. The van der Waals surface area contributed by atoms with Gasteiger partial charge in [-0.2, -0.15) is 0 Å². The Balaban J connectivity index is 2.56. The van der Waals surface area contributed by atoms with Crippen LogP contribution in [0.1, 0.15) is 24.8 Å². The standard InChI is InChI=1S/C16H20Cl2O4/c1-21-15(20)7-6-12-10-13(17)16(14(18)11-12)22-9-5-3-2-4-8-19/h2-3,10-11,19H,4-9H2,1H3/b3-2+. The van der Waals surface area contributed by atoms with Gasteiger partial charge in [0.1, 0.15) is 0 Å². The van der Waals surface area contributed by atoms with Crippen molar-refractivity contribution in [2.75, 3.05) is 20.3 Å². The highest BCUT2D eigenvalue weighted by molar-refractivity contribution is 6.37. The van der Waals surface area contributed by atoms with E-state index < -0.39 is 0 Å².